The number of nitrogens with one attached hydrogen (secondary N) is 3. The van der Waals surface area contributed by atoms with Crippen LogP contribution >= 0.6 is 12.6 Å². The molecule has 0 saturated heterocycles. The molecule has 0 aromatic heterocycles. The van der Waals surface area contributed by atoms with Crippen LogP contribution in [0.5, 0.6) is 0 Å². The molecule has 0 radical (unpaired) electrons. The molecule has 0 rings (SSSR count). The maximum atomic E-state index is 12.7. The van der Waals surface area contributed by atoms with E-state index in [0.717, 1.165) is 0 Å². The lowest BCUT2D eigenvalue weighted by molar-refractivity contribution is -0.138. The number of guanidine groups is 1. The Morgan fingerprint density at radius 1 is 0.935 bits per heavy atom. The number of amides is 4. The van der Waals surface area contributed by atoms with E-state index in [9.17, 15) is 24.0 Å². The van der Waals surface area contributed by atoms with Crippen molar-refractivity contribution in [2.45, 2.75) is 43.8 Å². The number of carbonyl (C=O) groups excluding carboxylic acids is 4. The van der Waals surface area contributed by atoms with Crippen LogP contribution in [0.2, 0.25) is 0 Å². The van der Waals surface area contributed by atoms with Crippen LogP contribution in [0, 0.1) is 0 Å². The van der Waals surface area contributed by atoms with E-state index < -0.39 is 54.3 Å². The van der Waals surface area contributed by atoms with E-state index >= 15 is 0 Å². The van der Waals surface area contributed by atoms with Crippen LogP contribution in [-0.4, -0.2) is 77.6 Å². The molecule has 0 aromatic rings. The Hall–Kier alpha value is -3.07. The molecule has 4 amide bonds. The van der Waals surface area contributed by atoms with Gasteiger partial charge in [0.05, 0.1) is 6.04 Å². The van der Waals surface area contributed by atoms with Crippen molar-refractivity contribution in [1.82, 2.24) is 16.0 Å². The highest BCUT2D eigenvalue weighted by molar-refractivity contribution is 7.80. The second-order valence-corrected chi connectivity index (χ2v) is 6.84. The maximum Gasteiger partial charge on any atom is 0.322 e. The first-order valence-electron chi connectivity index (χ1n) is 9.28. The summed E-state index contributed by atoms with van der Waals surface area (Å²) < 4.78 is 0. The van der Waals surface area contributed by atoms with Gasteiger partial charge in [-0.15, -0.1) is 0 Å². The number of hydrogen-bond donors (Lipinski definition) is 9. The molecule has 3 atom stereocenters. The molecule has 31 heavy (non-hydrogen) atoms. The van der Waals surface area contributed by atoms with Gasteiger partial charge in [-0.2, -0.15) is 12.6 Å². The lowest BCUT2D eigenvalue weighted by Gasteiger charge is -2.23. The second-order valence-electron chi connectivity index (χ2n) is 6.48. The third kappa shape index (κ3) is 13.0. The Balaban J connectivity index is 5.13. The number of aliphatic carboxylic acids is 1. The lowest BCUT2D eigenvalue weighted by Crippen LogP contribution is -2.56. The number of aliphatic imine (C=N–C) groups is 1. The number of rotatable bonds is 15. The number of primary amides is 1. The maximum absolute atomic E-state index is 12.7. The minimum atomic E-state index is -1.26. The van der Waals surface area contributed by atoms with Gasteiger partial charge in [-0.05, 0) is 19.3 Å². The average Bonchev–Trinajstić information content (AvgIpc) is 2.69. The molecule has 0 bridgehead atoms. The summed E-state index contributed by atoms with van der Waals surface area (Å²) in [5, 5.41) is 15.6. The highest BCUT2D eigenvalue weighted by Crippen LogP contribution is 2.03. The number of hydrogen-bond acceptors (Lipinski definition) is 8. The normalized spacial score (nSPS) is 13.2. The lowest BCUT2D eigenvalue weighted by atomic mass is 10.1. The van der Waals surface area contributed by atoms with Crippen LogP contribution < -0.4 is 38.9 Å². The zero-order valence-corrected chi connectivity index (χ0v) is 17.8. The number of carboxylic acid groups (broad SMARTS) is 1. The van der Waals surface area contributed by atoms with Crippen LogP contribution in [0.1, 0.15) is 25.7 Å². The third-order valence-corrected chi connectivity index (χ3v) is 4.21. The smallest absolute Gasteiger partial charge is 0.322 e. The zero-order valence-electron chi connectivity index (χ0n) is 16.9. The summed E-state index contributed by atoms with van der Waals surface area (Å²) in [7, 11) is 0. The third-order valence-electron chi connectivity index (χ3n) is 3.85. The Kier molecular flexibility index (Phi) is 13.4. The van der Waals surface area contributed by atoms with Crippen LogP contribution in [0.25, 0.3) is 0 Å². The van der Waals surface area contributed by atoms with E-state index in [4.69, 9.17) is 28.0 Å². The summed E-state index contributed by atoms with van der Waals surface area (Å²) in [4.78, 5) is 62.2. The molecule has 14 nitrogen and oxygen atoms in total. The van der Waals surface area contributed by atoms with Crippen LogP contribution in [0.3, 0.4) is 0 Å². The molecule has 0 aliphatic rings. The van der Waals surface area contributed by atoms with Crippen molar-refractivity contribution >= 4 is 48.2 Å². The predicted molar refractivity (Wildman–Crippen MR) is 115 cm³/mol. The molecule has 0 fully saturated rings. The summed E-state index contributed by atoms with van der Waals surface area (Å²) in [6, 6.07) is -3.33. The van der Waals surface area contributed by atoms with Crippen LogP contribution in [0.4, 0.5) is 0 Å². The van der Waals surface area contributed by atoms with Gasteiger partial charge in [-0.1, -0.05) is 0 Å². The van der Waals surface area contributed by atoms with E-state index in [1.165, 1.54) is 0 Å². The summed E-state index contributed by atoms with van der Waals surface area (Å²) in [6.07, 6.45) is 0.290. The van der Waals surface area contributed by atoms with Crippen molar-refractivity contribution in [1.29, 1.82) is 0 Å². The Morgan fingerprint density at radius 2 is 1.55 bits per heavy atom. The van der Waals surface area contributed by atoms with Gasteiger partial charge in [-0.25, -0.2) is 0 Å². The van der Waals surface area contributed by atoms with E-state index in [-0.39, 0.29) is 37.5 Å². The number of thiol groups is 1. The summed E-state index contributed by atoms with van der Waals surface area (Å²) in [5.41, 5.74) is 21.2. The molecule has 0 aliphatic carbocycles. The van der Waals surface area contributed by atoms with E-state index in [1.807, 2.05) is 0 Å². The van der Waals surface area contributed by atoms with Crippen molar-refractivity contribution in [2.75, 3.05) is 18.8 Å². The Labute approximate surface area is 184 Å². The van der Waals surface area contributed by atoms with Crippen molar-refractivity contribution in [3.05, 3.63) is 0 Å². The van der Waals surface area contributed by atoms with Gasteiger partial charge in [0.1, 0.15) is 18.6 Å². The fourth-order valence-electron chi connectivity index (χ4n) is 2.23. The van der Waals surface area contributed by atoms with E-state index in [0.29, 0.717) is 6.42 Å². The quantitative estimate of drug-likeness (QED) is 0.0493. The molecule has 0 aliphatic heterocycles. The van der Waals surface area contributed by atoms with Crippen molar-refractivity contribution in [3.8, 4) is 0 Å². The van der Waals surface area contributed by atoms with Gasteiger partial charge < -0.3 is 44.0 Å². The standard InChI is InChI=1S/C16H30N8O6S/c17-8(3-4-11(18)25)13(28)23-9(2-1-5-21-16(19)20)15(30)24-10(7-31)14(29)22-6-12(26)27/h8-10,31H,1-7,17H2,(H2,18,25)(H,22,29)(H,23,28)(H,24,30)(H,26,27)(H4,19,20,21). The molecule has 0 heterocycles. The minimum Gasteiger partial charge on any atom is -0.480 e. The van der Waals surface area contributed by atoms with Crippen molar-refractivity contribution in [3.63, 3.8) is 0 Å². The average molecular weight is 463 g/mol. The van der Waals surface area contributed by atoms with Gasteiger partial charge in [0.2, 0.25) is 23.6 Å². The molecule has 176 valence electrons. The summed E-state index contributed by atoms with van der Waals surface area (Å²) >= 11 is 3.98. The van der Waals surface area contributed by atoms with Crippen LogP contribution in [-0.2, 0) is 24.0 Å². The van der Waals surface area contributed by atoms with Gasteiger partial charge in [-0.3, -0.25) is 29.0 Å². The molecular formula is C16H30N8O6S. The fourth-order valence-corrected chi connectivity index (χ4v) is 2.49. The predicted octanol–water partition coefficient (Wildman–Crippen LogP) is -4.27. The number of nitrogens with zero attached hydrogens (tertiary/aromatic N) is 1. The molecule has 12 N–H and O–H groups in total. The SMILES string of the molecule is NC(=O)CCC(N)C(=O)NC(CCCN=C(N)N)C(=O)NC(CS)C(=O)NCC(=O)O. The Morgan fingerprint density at radius 3 is 2.06 bits per heavy atom. The van der Waals surface area contributed by atoms with Crippen LogP contribution in [0.15, 0.2) is 4.99 Å². The van der Waals surface area contributed by atoms with E-state index in [1.54, 1.807) is 0 Å². The number of carboxylic acids is 1. The van der Waals surface area contributed by atoms with Crippen molar-refractivity contribution in [2.24, 2.45) is 27.9 Å². The molecule has 3 unspecified atom stereocenters. The number of nitrogens with two attached hydrogens (primary N) is 4. The Bertz CT molecular complexity index is 685. The largest absolute Gasteiger partial charge is 0.480 e. The van der Waals surface area contributed by atoms with Gasteiger partial charge in [0, 0.05) is 18.7 Å². The first kappa shape index (κ1) is 27.9. The number of carbonyl (C=O) groups is 5. The molecule has 0 saturated carbocycles. The topological polar surface area (TPSA) is 258 Å². The van der Waals surface area contributed by atoms with Gasteiger partial charge >= 0.3 is 5.97 Å². The highest BCUT2D eigenvalue weighted by Gasteiger charge is 2.27. The highest BCUT2D eigenvalue weighted by atomic mass is 32.1. The first-order valence-corrected chi connectivity index (χ1v) is 9.91. The molecule has 0 aromatic carbocycles. The van der Waals surface area contributed by atoms with Gasteiger partial charge in [0.25, 0.3) is 0 Å². The van der Waals surface area contributed by atoms with Crippen molar-refractivity contribution < 1.29 is 29.1 Å². The fraction of sp³-hybridized carbons (Fsp3) is 0.625. The minimum absolute atomic E-state index is 0.0135. The summed E-state index contributed by atoms with van der Waals surface area (Å²) in [5.74, 6) is -4.31. The molecule has 15 heteroatoms. The van der Waals surface area contributed by atoms with Gasteiger partial charge in [0.15, 0.2) is 5.96 Å². The zero-order chi connectivity index (χ0) is 24.0. The monoisotopic (exact) mass is 462 g/mol. The first-order chi connectivity index (χ1) is 14.5. The second kappa shape index (κ2) is 14.8. The molecular weight excluding hydrogens is 432 g/mol. The molecule has 0 spiro atoms. The summed E-state index contributed by atoms with van der Waals surface area (Å²) in [6.45, 7) is -0.447. The van der Waals surface area contributed by atoms with E-state index in [2.05, 4.69) is 33.6 Å².